The van der Waals surface area contributed by atoms with Gasteiger partial charge in [0.2, 0.25) is 11.9 Å². The van der Waals surface area contributed by atoms with Gasteiger partial charge in [-0.3, -0.25) is 0 Å². The van der Waals surface area contributed by atoms with Gasteiger partial charge in [-0.25, -0.2) is 15.0 Å². The Morgan fingerprint density at radius 2 is 1.10 bits per heavy atom. The SMILES string of the molecule is CC(C)(C)CCC(Cc1ccc(CN(CCC(C)(C)C)/C(N)=N/C(N)=Nc2ccc(Cl)cc2)cc1)/C(N)=N/C(N)=Nc1ccc(Cl)cc1. The third-order valence-corrected chi connectivity index (χ3v) is 8.11. The summed E-state index contributed by atoms with van der Waals surface area (Å²) < 4.78 is 0. The molecule has 3 rings (SSSR count). The summed E-state index contributed by atoms with van der Waals surface area (Å²) in [5.74, 6) is 0.948. The highest BCUT2D eigenvalue weighted by molar-refractivity contribution is 6.30. The summed E-state index contributed by atoms with van der Waals surface area (Å²) in [6, 6.07) is 22.6. The van der Waals surface area contributed by atoms with Crippen LogP contribution in [-0.4, -0.2) is 35.2 Å². The summed E-state index contributed by atoms with van der Waals surface area (Å²) in [5.41, 5.74) is 29.2. The van der Waals surface area contributed by atoms with Crippen LogP contribution in [0.4, 0.5) is 11.4 Å². The normalized spacial score (nSPS) is 14.2. The van der Waals surface area contributed by atoms with Gasteiger partial charge in [-0.05, 0) is 96.2 Å². The van der Waals surface area contributed by atoms with Crippen LogP contribution in [0.25, 0.3) is 0 Å². The van der Waals surface area contributed by atoms with Crippen molar-refractivity contribution in [2.45, 2.75) is 73.8 Å². The molecule has 3 aromatic rings. The van der Waals surface area contributed by atoms with E-state index in [9.17, 15) is 0 Å². The van der Waals surface area contributed by atoms with Crippen molar-refractivity contribution < 1.29 is 0 Å². The van der Waals surface area contributed by atoms with E-state index in [1.165, 1.54) is 0 Å². The number of guanidine groups is 3. The zero-order valence-electron chi connectivity index (χ0n) is 29.0. The van der Waals surface area contributed by atoms with Crippen molar-refractivity contribution in [3.05, 3.63) is 94.0 Å². The van der Waals surface area contributed by atoms with Gasteiger partial charge in [-0.1, -0.05) is 89.0 Å². The molecule has 0 amide bonds. The standard InChI is InChI=1S/C37H51Cl2N9/c1-36(2,3)20-19-27(32(40)46-33(41)44-30-15-11-28(38)12-16-30)23-25-7-9-26(10-8-25)24-48(22-21-37(4,5)6)35(43)47-34(42)45-31-17-13-29(39)14-18-31/h7-18,27H,19-24H2,1-6H3,(H4,40,41,44,46)(H4,42,43,45,47). The lowest BCUT2D eigenvalue weighted by molar-refractivity contribution is 0.300. The zero-order chi connectivity index (χ0) is 35.5. The molecule has 258 valence electrons. The van der Waals surface area contributed by atoms with Gasteiger partial charge < -0.3 is 27.8 Å². The number of hydrogen-bond acceptors (Lipinski definition) is 2. The van der Waals surface area contributed by atoms with Gasteiger partial charge in [0.25, 0.3) is 0 Å². The lowest BCUT2D eigenvalue weighted by Gasteiger charge is -2.28. The van der Waals surface area contributed by atoms with Crippen LogP contribution >= 0.6 is 23.2 Å². The van der Waals surface area contributed by atoms with E-state index in [-0.39, 0.29) is 28.7 Å². The van der Waals surface area contributed by atoms with Crippen LogP contribution in [0.1, 0.15) is 71.9 Å². The van der Waals surface area contributed by atoms with Crippen LogP contribution in [0.5, 0.6) is 0 Å². The minimum atomic E-state index is -0.0111. The smallest absolute Gasteiger partial charge is 0.223 e. The maximum absolute atomic E-state index is 6.57. The molecule has 0 bridgehead atoms. The number of hydrogen-bond donors (Lipinski definition) is 4. The summed E-state index contributed by atoms with van der Waals surface area (Å²) in [6.45, 7) is 14.5. The summed E-state index contributed by atoms with van der Waals surface area (Å²) in [5, 5.41) is 1.25. The fraction of sp³-hybridized carbons (Fsp3) is 0.405. The van der Waals surface area contributed by atoms with E-state index >= 15 is 0 Å². The van der Waals surface area contributed by atoms with Gasteiger partial charge in [-0.15, -0.1) is 0 Å². The van der Waals surface area contributed by atoms with Crippen molar-refractivity contribution in [1.29, 1.82) is 0 Å². The Kier molecular flexibility index (Phi) is 13.9. The predicted octanol–water partition coefficient (Wildman–Crippen LogP) is 8.18. The van der Waals surface area contributed by atoms with E-state index in [2.05, 4.69) is 85.8 Å². The van der Waals surface area contributed by atoms with E-state index in [0.717, 1.165) is 36.8 Å². The fourth-order valence-electron chi connectivity index (χ4n) is 4.75. The second kappa shape index (κ2) is 17.4. The molecular formula is C37H51Cl2N9. The molecule has 0 saturated carbocycles. The number of amidine groups is 1. The molecule has 1 unspecified atom stereocenters. The molecule has 3 aromatic carbocycles. The highest BCUT2D eigenvalue weighted by atomic mass is 35.5. The topological polar surface area (TPSA) is 157 Å². The molecule has 8 N–H and O–H groups in total. The quantitative estimate of drug-likeness (QED) is 0.118. The summed E-state index contributed by atoms with van der Waals surface area (Å²) in [6.07, 6.45) is 3.47. The molecule has 0 spiro atoms. The Morgan fingerprint density at radius 1 is 0.646 bits per heavy atom. The Morgan fingerprint density at radius 3 is 1.58 bits per heavy atom. The second-order valence-corrected chi connectivity index (χ2v) is 15.3. The van der Waals surface area contributed by atoms with Crippen molar-refractivity contribution in [1.82, 2.24) is 4.90 Å². The number of rotatable bonds is 11. The molecule has 48 heavy (non-hydrogen) atoms. The van der Waals surface area contributed by atoms with E-state index in [1.807, 2.05) is 4.90 Å². The largest absolute Gasteiger partial charge is 0.387 e. The van der Waals surface area contributed by atoms with Crippen LogP contribution in [0.3, 0.4) is 0 Å². The van der Waals surface area contributed by atoms with Crippen molar-refractivity contribution in [2.75, 3.05) is 6.54 Å². The van der Waals surface area contributed by atoms with Crippen LogP contribution in [0.15, 0.2) is 92.8 Å². The minimum Gasteiger partial charge on any atom is -0.387 e. The molecule has 0 aliphatic carbocycles. The molecule has 11 heteroatoms. The van der Waals surface area contributed by atoms with Gasteiger partial charge in [0.05, 0.1) is 11.4 Å². The van der Waals surface area contributed by atoms with E-state index in [0.29, 0.717) is 46.3 Å². The van der Waals surface area contributed by atoms with Crippen molar-refractivity contribution in [3.8, 4) is 0 Å². The van der Waals surface area contributed by atoms with Crippen molar-refractivity contribution in [2.24, 2.45) is 59.7 Å². The lowest BCUT2D eigenvalue weighted by atomic mass is 9.84. The fourth-order valence-corrected chi connectivity index (χ4v) is 5.00. The average molecular weight is 693 g/mol. The van der Waals surface area contributed by atoms with E-state index < -0.39 is 0 Å². The van der Waals surface area contributed by atoms with Crippen molar-refractivity contribution in [3.63, 3.8) is 0 Å². The first-order valence-corrected chi connectivity index (χ1v) is 16.9. The van der Waals surface area contributed by atoms with Gasteiger partial charge in [-0.2, -0.15) is 4.99 Å². The zero-order valence-corrected chi connectivity index (χ0v) is 30.6. The van der Waals surface area contributed by atoms with Gasteiger partial charge in [0, 0.05) is 29.1 Å². The maximum atomic E-state index is 6.57. The van der Waals surface area contributed by atoms with Crippen molar-refractivity contribution >= 4 is 58.3 Å². The second-order valence-electron chi connectivity index (χ2n) is 14.4. The summed E-state index contributed by atoms with van der Waals surface area (Å²) in [7, 11) is 0. The Bertz CT molecular complexity index is 1460. The van der Waals surface area contributed by atoms with Crippen LogP contribution < -0.4 is 22.9 Å². The van der Waals surface area contributed by atoms with Crippen LogP contribution in [0, 0.1) is 16.7 Å². The average Bonchev–Trinajstić information content (AvgIpc) is 2.99. The third kappa shape index (κ3) is 14.4. The highest BCUT2D eigenvalue weighted by Gasteiger charge is 2.20. The van der Waals surface area contributed by atoms with Crippen LogP contribution in [-0.2, 0) is 13.0 Å². The number of benzene rings is 3. The molecule has 0 radical (unpaired) electrons. The number of halogens is 2. The number of nitrogens with two attached hydrogens (primary N) is 4. The molecule has 0 aliphatic heterocycles. The molecule has 9 nitrogen and oxygen atoms in total. The summed E-state index contributed by atoms with van der Waals surface area (Å²) in [4.78, 5) is 19.7. The van der Waals surface area contributed by atoms with E-state index in [4.69, 9.17) is 46.1 Å². The van der Waals surface area contributed by atoms with Gasteiger partial charge in [0.15, 0.2) is 5.96 Å². The molecular weight excluding hydrogens is 641 g/mol. The highest BCUT2D eigenvalue weighted by Crippen LogP contribution is 2.26. The first-order chi connectivity index (χ1) is 22.5. The molecule has 0 aromatic heterocycles. The van der Waals surface area contributed by atoms with Gasteiger partial charge >= 0.3 is 0 Å². The maximum Gasteiger partial charge on any atom is 0.223 e. The minimum absolute atomic E-state index is 0.0111. The lowest BCUT2D eigenvalue weighted by Crippen LogP contribution is -2.40. The number of nitrogens with zero attached hydrogens (tertiary/aromatic N) is 5. The van der Waals surface area contributed by atoms with E-state index in [1.54, 1.807) is 48.5 Å². The van der Waals surface area contributed by atoms with Gasteiger partial charge in [0.1, 0.15) is 5.84 Å². The Labute approximate surface area is 296 Å². The molecule has 0 aliphatic rings. The molecule has 1 atom stereocenters. The predicted molar refractivity (Wildman–Crippen MR) is 206 cm³/mol. The van der Waals surface area contributed by atoms with Crippen LogP contribution in [0.2, 0.25) is 10.0 Å². The first kappa shape index (κ1) is 38.4. The monoisotopic (exact) mass is 691 g/mol. The molecule has 0 fully saturated rings. The molecule has 0 saturated heterocycles. The number of aliphatic imine (C=N–C) groups is 4. The molecule has 0 heterocycles. The Balaban J connectivity index is 1.79. The Hall–Kier alpha value is -4.08. The first-order valence-electron chi connectivity index (χ1n) is 16.2. The third-order valence-electron chi connectivity index (χ3n) is 7.61. The summed E-state index contributed by atoms with van der Waals surface area (Å²) >= 11 is 12.0.